The Morgan fingerprint density at radius 2 is 2.00 bits per heavy atom. The molecule has 0 heterocycles. The number of methoxy groups -OCH3 is 1. The van der Waals surface area contributed by atoms with Crippen LogP contribution < -0.4 is 5.73 Å². The fourth-order valence-electron chi connectivity index (χ4n) is 2.68. The molecule has 0 aliphatic heterocycles. The number of nitrogens with two attached hydrogens (primary N) is 1. The summed E-state index contributed by atoms with van der Waals surface area (Å²) in [5.41, 5.74) is 5.55. The highest BCUT2D eigenvalue weighted by Gasteiger charge is 2.39. The van der Waals surface area contributed by atoms with Crippen LogP contribution in [-0.2, 0) is 14.9 Å². The zero-order chi connectivity index (χ0) is 15.7. The van der Waals surface area contributed by atoms with E-state index in [4.69, 9.17) is 10.5 Å². The molecular formula is C17H26FNO2. The number of rotatable bonds is 9. The third-order valence-corrected chi connectivity index (χ3v) is 4.01. The van der Waals surface area contributed by atoms with Gasteiger partial charge < -0.3 is 10.5 Å². The Kier molecular flexibility index (Phi) is 7.37. The van der Waals surface area contributed by atoms with Crippen molar-refractivity contribution in [1.29, 1.82) is 0 Å². The van der Waals surface area contributed by atoms with Crippen LogP contribution in [0.1, 0.15) is 51.0 Å². The van der Waals surface area contributed by atoms with Gasteiger partial charge in [0.1, 0.15) is 11.2 Å². The molecule has 0 spiro atoms. The third-order valence-electron chi connectivity index (χ3n) is 4.01. The fraction of sp³-hybridized carbons (Fsp3) is 0.588. The largest absolute Gasteiger partial charge is 0.468 e. The van der Waals surface area contributed by atoms with Crippen LogP contribution in [0.3, 0.4) is 0 Å². The molecule has 118 valence electrons. The molecular weight excluding hydrogens is 269 g/mol. The topological polar surface area (TPSA) is 52.3 Å². The number of carbonyl (C=O) groups excluding carboxylic acids is 1. The van der Waals surface area contributed by atoms with Crippen molar-refractivity contribution in [3.63, 3.8) is 0 Å². The average molecular weight is 295 g/mol. The molecule has 0 radical (unpaired) electrons. The highest BCUT2D eigenvalue weighted by atomic mass is 19.1. The van der Waals surface area contributed by atoms with E-state index in [1.165, 1.54) is 32.1 Å². The van der Waals surface area contributed by atoms with Crippen LogP contribution in [0.4, 0.5) is 4.39 Å². The van der Waals surface area contributed by atoms with Crippen molar-refractivity contribution in [1.82, 2.24) is 0 Å². The number of carbonyl (C=O) groups is 1. The van der Waals surface area contributed by atoms with Crippen molar-refractivity contribution in [3.05, 3.63) is 35.6 Å². The number of hydrogen-bond donors (Lipinski definition) is 1. The summed E-state index contributed by atoms with van der Waals surface area (Å²) in [5, 5.41) is 0. The summed E-state index contributed by atoms with van der Waals surface area (Å²) in [5.74, 6) is -0.744. The maximum absolute atomic E-state index is 13.5. The molecule has 0 bridgehead atoms. The van der Waals surface area contributed by atoms with E-state index < -0.39 is 5.41 Å². The number of unbranched alkanes of at least 4 members (excludes halogenated alkanes) is 4. The lowest BCUT2D eigenvalue weighted by molar-refractivity contribution is -0.147. The van der Waals surface area contributed by atoms with Crippen LogP contribution in [0.15, 0.2) is 24.3 Å². The number of hydrogen-bond acceptors (Lipinski definition) is 3. The first-order chi connectivity index (χ1) is 10.1. The van der Waals surface area contributed by atoms with E-state index in [9.17, 15) is 9.18 Å². The zero-order valence-electron chi connectivity index (χ0n) is 13.0. The first-order valence-corrected chi connectivity index (χ1v) is 7.65. The van der Waals surface area contributed by atoms with Gasteiger partial charge in [-0.2, -0.15) is 0 Å². The lowest BCUT2D eigenvalue weighted by Crippen LogP contribution is -2.44. The number of halogens is 1. The van der Waals surface area contributed by atoms with Gasteiger partial charge in [0.05, 0.1) is 7.11 Å². The van der Waals surface area contributed by atoms with Gasteiger partial charge in [-0.25, -0.2) is 4.39 Å². The van der Waals surface area contributed by atoms with Crippen molar-refractivity contribution in [2.24, 2.45) is 5.73 Å². The fourth-order valence-corrected chi connectivity index (χ4v) is 2.68. The summed E-state index contributed by atoms with van der Waals surface area (Å²) in [6, 6.07) is 6.10. The van der Waals surface area contributed by atoms with Crippen LogP contribution in [0, 0.1) is 5.82 Å². The second-order valence-corrected chi connectivity index (χ2v) is 5.45. The van der Waals surface area contributed by atoms with E-state index in [1.54, 1.807) is 12.1 Å². The molecule has 0 saturated heterocycles. The Bertz CT molecular complexity index is 450. The van der Waals surface area contributed by atoms with Crippen molar-refractivity contribution >= 4 is 5.97 Å². The average Bonchev–Trinajstić information content (AvgIpc) is 2.50. The molecule has 3 nitrogen and oxygen atoms in total. The molecule has 4 heteroatoms. The summed E-state index contributed by atoms with van der Waals surface area (Å²) in [6.45, 7) is 2.28. The smallest absolute Gasteiger partial charge is 0.317 e. The van der Waals surface area contributed by atoms with Gasteiger partial charge in [-0.1, -0.05) is 51.2 Å². The van der Waals surface area contributed by atoms with Gasteiger partial charge in [-0.3, -0.25) is 4.79 Å². The third kappa shape index (κ3) is 4.53. The minimum absolute atomic E-state index is 0.122. The maximum Gasteiger partial charge on any atom is 0.317 e. The van der Waals surface area contributed by atoms with Gasteiger partial charge in [-0.05, 0) is 24.1 Å². The molecule has 1 rings (SSSR count). The summed E-state index contributed by atoms with van der Waals surface area (Å²) >= 11 is 0. The molecule has 0 aromatic heterocycles. The Labute approximate surface area is 126 Å². The van der Waals surface area contributed by atoms with E-state index in [1.807, 2.05) is 0 Å². The van der Waals surface area contributed by atoms with Crippen LogP contribution in [0.2, 0.25) is 0 Å². The van der Waals surface area contributed by atoms with Crippen LogP contribution >= 0.6 is 0 Å². The monoisotopic (exact) mass is 295 g/mol. The quantitative estimate of drug-likeness (QED) is 0.560. The Morgan fingerprint density at radius 1 is 1.29 bits per heavy atom. The Balaban J connectivity index is 2.91. The molecule has 0 saturated carbocycles. The normalized spacial score (nSPS) is 13.7. The van der Waals surface area contributed by atoms with E-state index in [0.29, 0.717) is 12.0 Å². The highest BCUT2D eigenvalue weighted by Crippen LogP contribution is 2.31. The maximum atomic E-state index is 13.5. The minimum Gasteiger partial charge on any atom is -0.468 e. The summed E-state index contributed by atoms with van der Waals surface area (Å²) < 4.78 is 18.4. The van der Waals surface area contributed by atoms with Gasteiger partial charge in [0.15, 0.2) is 0 Å². The lowest BCUT2D eigenvalue weighted by atomic mass is 9.76. The van der Waals surface area contributed by atoms with Crippen molar-refractivity contribution in [3.8, 4) is 0 Å². The molecule has 1 aromatic rings. The number of benzene rings is 1. The second kappa shape index (κ2) is 8.78. The lowest BCUT2D eigenvalue weighted by Gasteiger charge is -2.30. The van der Waals surface area contributed by atoms with E-state index in [-0.39, 0.29) is 18.3 Å². The minimum atomic E-state index is -0.941. The van der Waals surface area contributed by atoms with Gasteiger partial charge in [0.25, 0.3) is 0 Å². The van der Waals surface area contributed by atoms with Crippen molar-refractivity contribution in [2.75, 3.05) is 13.7 Å². The molecule has 21 heavy (non-hydrogen) atoms. The van der Waals surface area contributed by atoms with E-state index in [0.717, 1.165) is 19.3 Å². The Morgan fingerprint density at radius 3 is 2.57 bits per heavy atom. The molecule has 0 aliphatic carbocycles. The first-order valence-electron chi connectivity index (χ1n) is 7.65. The SMILES string of the molecule is CCCCCCCC(CN)(C(=O)OC)c1cccc(F)c1. The van der Waals surface area contributed by atoms with Crippen LogP contribution in [-0.4, -0.2) is 19.6 Å². The van der Waals surface area contributed by atoms with Crippen molar-refractivity contribution < 1.29 is 13.9 Å². The highest BCUT2D eigenvalue weighted by molar-refractivity contribution is 5.83. The molecule has 1 aromatic carbocycles. The summed E-state index contributed by atoms with van der Waals surface area (Å²) in [6.07, 6.45) is 6.01. The zero-order valence-corrected chi connectivity index (χ0v) is 13.0. The standard InChI is InChI=1S/C17H26FNO2/c1-3-4-5-6-7-11-17(13-19,16(20)21-2)14-9-8-10-15(18)12-14/h8-10,12H,3-7,11,13,19H2,1-2H3. The van der Waals surface area contributed by atoms with Crippen LogP contribution in [0.25, 0.3) is 0 Å². The number of ether oxygens (including phenoxy) is 1. The van der Waals surface area contributed by atoms with Crippen LogP contribution in [0.5, 0.6) is 0 Å². The van der Waals surface area contributed by atoms with Gasteiger partial charge in [-0.15, -0.1) is 0 Å². The molecule has 1 unspecified atom stereocenters. The van der Waals surface area contributed by atoms with Gasteiger partial charge in [0.2, 0.25) is 0 Å². The Hall–Kier alpha value is -1.42. The van der Waals surface area contributed by atoms with E-state index >= 15 is 0 Å². The molecule has 0 fully saturated rings. The predicted octanol–water partition coefficient (Wildman–Crippen LogP) is 3.56. The molecule has 0 amide bonds. The van der Waals surface area contributed by atoms with Gasteiger partial charge in [0, 0.05) is 6.54 Å². The summed E-state index contributed by atoms with van der Waals surface area (Å²) in [4.78, 5) is 12.3. The molecule has 1 atom stereocenters. The number of esters is 1. The first kappa shape index (κ1) is 17.6. The van der Waals surface area contributed by atoms with Gasteiger partial charge >= 0.3 is 5.97 Å². The predicted molar refractivity (Wildman–Crippen MR) is 82.5 cm³/mol. The van der Waals surface area contributed by atoms with Crippen molar-refractivity contribution in [2.45, 2.75) is 50.9 Å². The molecule has 0 aliphatic rings. The summed E-state index contributed by atoms with van der Waals surface area (Å²) in [7, 11) is 1.35. The van der Waals surface area contributed by atoms with E-state index in [2.05, 4.69) is 6.92 Å². The molecule has 2 N–H and O–H groups in total. The second-order valence-electron chi connectivity index (χ2n) is 5.45.